The number of aliphatic hydroxyl groups excluding tert-OH is 1. The van der Waals surface area contributed by atoms with E-state index in [9.17, 15) is 5.11 Å². The van der Waals surface area contributed by atoms with Gasteiger partial charge in [0.25, 0.3) is 0 Å². The molecule has 16 heavy (non-hydrogen) atoms. The molecule has 0 heterocycles. The molecule has 0 saturated heterocycles. The Morgan fingerprint density at radius 2 is 1.88 bits per heavy atom. The van der Waals surface area contributed by atoms with Crippen molar-refractivity contribution >= 4 is 0 Å². The minimum atomic E-state index is 0.218. The molecule has 1 rings (SSSR count). The summed E-state index contributed by atoms with van der Waals surface area (Å²) >= 11 is 0. The van der Waals surface area contributed by atoms with Crippen molar-refractivity contribution in [1.82, 2.24) is 5.32 Å². The van der Waals surface area contributed by atoms with Gasteiger partial charge in [0.1, 0.15) is 0 Å². The lowest BCUT2D eigenvalue weighted by Gasteiger charge is -2.24. The molecule has 2 atom stereocenters. The molecule has 2 unspecified atom stereocenters. The number of aryl methyl sites for hydroxylation is 1. The standard InChI is InChI=1S/C14H23NO/c1-4-9-15-14(12(3)10-16)13-7-5-11(2)6-8-13/h5-8,12,14-16H,4,9-10H2,1-3H3. The largest absolute Gasteiger partial charge is 0.396 e. The Kier molecular flexibility index (Phi) is 5.50. The maximum Gasteiger partial charge on any atom is 0.0474 e. The molecule has 0 bridgehead atoms. The van der Waals surface area contributed by atoms with Gasteiger partial charge >= 0.3 is 0 Å². The maximum absolute atomic E-state index is 9.28. The fourth-order valence-electron chi connectivity index (χ4n) is 1.83. The fourth-order valence-corrected chi connectivity index (χ4v) is 1.83. The molecule has 0 spiro atoms. The molecule has 1 aromatic carbocycles. The molecule has 2 nitrogen and oxygen atoms in total. The highest BCUT2D eigenvalue weighted by molar-refractivity contribution is 5.24. The van der Waals surface area contributed by atoms with Crippen molar-refractivity contribution < 1.29 is 5.11 Å². The monoisotopic (exact) mass is 221 g/mol. The minimum Gasteiger partial charge on any atom is -0.396 e. The van der Waals surface area contributed by atoms with E-state index in [0.29, 0.717) is 0 Å². The third-order valence-electron chi connectivity index (χ3n) is 2.91. The predicted octanol–water partition coefficient (Wildman–Crippen LogP) is 2.66. The van der Waals surface area contributed by atoms with Crippen LogP contribution in [0.25, 0.3) is 0 Å². The highest BCUT2D eigenvalue weighted by atomic mass is 16.3. The first kappa shape index (κ1) is 13.2. The van der Waals surface area contributed by atoms with Crippen LogP contribution in [0, 0.1) is 12.8 Å². The topological polar surface area (TPSA) is 32.3 Å². The number of hydrogen-bond donors (Lipinski definition) is 2. The Labute approximate surface area is 98.7 Å². The fraction of sp³-hybridized carbons (Fsp3) is 0.571. The van der Waals surface area contributed by atoms with Crippen LogP contribution in [0.1, 0.15) is 37.4 Å². The van der Waals surface area contributed by atoms with Crippen LogP contribution in [0.4, 0.5) is 0 Å². The molecule has 2 heteroatoms. The van der Waals surface area contributed by atoms with Gasteiger partial charge in [-0.15, -0.1) is 0 Å². The molecule has 90 valence electrons. The SMILES string of the molecule is CCCNC(c1ccc(C)cc1)C(C)CO. The van der Waals surface area contributed by atoms with E-state index >= 15 is 0 Å². The zero-order valence-electron chi connectivity index (χ0n) is 10.5. The Morgan fingerprint density at radius 3 is 2.38 bits per heavy atom. The van der Waals surface area contributed by atoms with E-state index in [-0.39, 0.29) is 18.6 Å². The van der Waals surface area contributed by atoms with Crippen molar-refractivity contribution in [3.8, 4) is 0 Å². The molecule has 0 aliphatic heterocycles. The highest BCUT2D eigenvalue weighted by Gasteiger charge is 2.17. The summed E-state index contributed by atoms with van der Waals surface area (Å²) in [4.78, 5) is 0. The summed E-state index contributed by atoms with van der Waals surface area (Å²) < 4.78 is 0. The first-order valence-corrected chi connectivity index (χ1v) is 6.09. The van der Waals surface area contributed by atoms with Gasteiger partial charge in [-0.3, -0.25) is 0 Å². The van der Waals surface area contributed by atoms with Gasteiger partial charge in [0, 0.05) is 12.6 Å². The second-order valence-electron chi connectivity index (χ2n) is 4.50. The Balaban J connectivity index is 2.78. The van der Waals surface area contributed by atoms with Gasteiger partial charge in [-0.1, -0.05) is 43.7 Å². The summed E-state index contributed by atoms with van der Waals surface area (Å²) in [5, 5.41) is 12.8. The summed E-state index contributed by atoms with van der Waals surface area (Å²) in [6, 6.07) is 8.80. The molecule has 0 aromatic heterocycles. The summed E-state index contributed by atoms with van der Waals surface area (Å²) in [5.74, 6) is 0.245. The zero-order chi connectivity index (χ0) is 12.0. The van der Waals surface area contributed by atoms with Gasteiger partial charge in [-0.25, -0.2) is 0 Å². The lowest BCUT2D eigenvalue weighted by atomic mass is 9.94. The highest BCUT2D eigenvalue weighted by Crippen LogP contribution is 2.22. The van der Waals surface area contributed by atoms with E-state index < -0.39 is 0 Å². The quantitative estimate of drug-likeness (QED) is 0.774. The van der Waals surface area contributed by atoms with Crippen LogP contribution in [-0.2, 0) is 0 Å². The van der Waals surface area contributed by atoms with E-state index in [1.54, 1.807) is 0 Å². The molecular weight excluding hydrogens is 198 g/mol. The summed E-state index contributed by atoms with van der Waals surface area (Å²) in [5.41, 5.74) is 2.54. The van der Waals surface area contributed by atoms with E-state index in [0.717, 1.165) is 13.0 Å². The number of rotatable bonds is 6. The first-order chi connectivity index (χ1) is 7.69. The predicted molar refractivity (Wildman–Crippen MR) is 68.5 cm³/mol. The lowest BCUT2D eigenvalue weighted by molar-refractivity contribution is 0.202. The lowest BCUT2D eigenvalue weighted by Crippen LogP contribution is -2.29. The Morgan fingerprint density at radius 1 is 1.25 bits per heavy atom. The molecule has 0 radical (unpaired) electrons. The summed E-state index contributed by atoms with van der Waals surface area (Å²) in [6.45, 7) is 7.53. The van der Waals surface area contributed by atoms with Crippen LogP contribution in [0.3, 0.4) is 0 Å². The van der Waals surface area contributed by atoms with Crippen LogP contribution in [0.2, 0.25) is 0 Å². The van der Waals surface area contributed by atoms with Crippen molar-refractivity contribution in [1.29, 1.82) is 0 Å². The van der Waals surface area contributed by atoms with E-state index in [1.807, 2.05) is 0 Å². The molecule has 2 N–H and O–H groups in total. The van der Waals surface area contributed by atoms with Crippen LogP contribution in [-0.4, -0.2) is 18.3 Å². The first-order valence-electron chi connectivity index (χ1n) is 6.09. The Bertz CT molecular complexity index is 294. The van der Waals surface area contributed by atoms with E-state index in [4.69, 9.17) is 0 Å². The molecule has 0 aliphatic rings. The zero-order valence-corrected chi connectivity index (χ0v) is 10.5. The van der Waals surface area contributed by atoms with Gasteiger partial charge < -0.3 is 10.4 Å². The van der Waals surface area contributed by atoms with E-state index in [2.05, 4.69) is 50.4 Å². The molecule has 0 fully saturated rings. The van der Waals surface area contributed by atoms with Gasteiger partial charge in [-0.2, -0.15) is 0 Å². The van der Waals surface area contributed by atoms with Gasteiger partial charge in [0.15, 0.2) is 0 Å². The normalized spacial score (nSPS) is 14.8. The van der Waals surface area contributed by atoms with Crippen LogP contribution in [0.5, 0.6) is 0 Å². The number of nitrogens with one attached hydrogen (secondary N) is 1. The molecular formula is C14H23NO. The number of aliphatic hydroxyl groups is 1. The number of hydrogen-bond acceptors (Lipinski definition) is 2. The average Bonchev–Trinajstić information content (AvgIpc) is 2.31. The van der Waals surface area contributed by atoms with Crippen molar-refractivity contribution in [3.05, 3.63) is 35.4 Å². The molecule has 0 amide bonds. The van der Waals surface area contributed by atoms with Crippen molar-refractivity contribution in [2.45, 2.75) is 33.2 Å². The van der Waals surface area contributed by atoms with Gasteiger partial charge in [-0.05, 0) is 31.4 Å². The van der Waals surface area contributed by atoms with E-state index in [1.165, 1.54) is 11.1 Å². The molecule has 0 aliphatic carbocycles. The van der Waals surface area contributed by atoms with Crippen LogP contribution < -0.4 is 5.32 Å². The Hall–Kier alpha value is -0.860. The average molecular weight is 221 g/mol. The third kappa shape index (κ3) is 3.62. The summed E-state index contributed by atoms with van der Waals surface area (Å²) in [7, 11) is 0. The maximum atomic E-state index is 9.28. The van der Waals surface area contributed by atoms with Crippen LogP contribution >= 0.6 is 0 Å². The minimum absolute atomic E-state index is 0.218. The second-order valence-corrected chi connectivity index (χ2v) is 4.50. The van der Waals surface area contributed by atoms with Gasteiger partial charge in [0.2, 0.25) is 0 Å². The smallest absolute Gasteiger partial charge is 0.0474 e. The van der Waals surface area contributed by atoms with Crippen molar-refractivity contribution in [2.75, 3.05) is 13.2 Å². The molecule has 0 saturated carbocycles. The van der Waals surface area contributed by atoms with Crippen molar-refractivity contribution in [3.63, 3.8) is 0 Å². The number of benzene rings is 1. The third-order valence-corrected chi connectivity index (χ3v) is 2.91. The second kappa shape index (κ2) is 6.66. The molecule has 1 aromatic rings. The van der Waals surface area contributed by atoms with Crippen molar-refractivity contribution in [2.24, 2.45) is 5.92 Å². The van der Waals surface area contributed by atoms with Crippen LogP contribution in [0.15, 0.2) is 24.3 Å². The summed E-state index contributed by atoms with van der Waals surface area (Å²) in [6.07, 6.45) is 1.11. The van der Waals surface area contributed by atoms with Gasteiger partial charge in [0.05, 0.1) is 0 Å².